The Morgan fingerprint density at radius 3 is 2.34 bits per heavy atom. The van der Waals surface area contributed by atoms with Crippen LogP contribution < -0.4 is 15.5 Å². The van der Waals surface area contributed by atoms with Crippen LogP contribution in [0.15, 0.2) is 48.5 Å². The molecular formula is C21H24N4O4. The molecule has 3 amide bonds. The Bertz CT molecular complexity index is 907. The van der Waals surface area contributed by atoms with Gasteiger partial charge in [0.05, 0.1) is 18.4 Å². The number of hydrogen-bond acceptors (Lipinski definition) is 5. The summed E-state index contributed by atoms with van der Waals surface area (Å²) in [5.74, 6) is -0.611. The highest BCUT2D eigenvalue weighted by Crippen LogP contribution is 2.22. The first-order chi connectivity index (χ1) is 14.0. The second-order valence-corrected chi connectivity index (χ2v) is 6.67. The summed E-state index contributed by atoms with van der Waals surface area (Å²) < 4.78 is 4.76. The zero-order chi connectivity index (χ0) is 20.8. The van der Waals surface area contributed by atoms with Crippen molar-refractivity contribution in [1.82, 2.24) is 4.90 Å². The van der Waals surface area contributed by atoms with Crippen LogP contribution in [0.3, 0.4) is 0 Å². The monoisotopic (exact) mass is 396 g/mol. The van der Waals surface area contributed by atoms with Crippen LogP contribution in [0, 0.1) is 0 Å². The summed E-state index contributed by atoms with van der Waals surface area (Å²) in [4.78, 5) is 39.6. The molecule has 0 aliphatic carbocycles. The number of hydrogen-bond donors (Lipinski definition) is 2. The van der Waals surface area contributed by atoms with Gasteiger partial charge in [0.2, 0.25) is 5.91 Å². The summed E-state index contributed by atoms with van der Waals surface area (Å²) in [5.41, 5.74) is 2.48. The number of para-hydroxylation sites is 1. The maximum Gasteiger partial charge on any atom is 0.339 e. The Morgan fingerprint density at radius 2 is 1.66 bits per heavy atom. The fourth-order valence-corrected chi connectivity index (χ4v) is 3.23. The van der Waals surface area contributed by atoms with Crippen molar-refractivity contribution in [1.29, 1.82) is 0 Å². The van der Waals surface area contributed by atoms with Crippen LogP contribution in [0.25, 0.3) is 0 Å². The molecule has 2 aromatic carbocycles. The Hall–Kier alpha value is -3.55. The second kappa shape index (κ2) is 9.09. The third-order valence-electron chi connectivity index (χ3n) is 4.67. The van der Waals surface area contributed by atoms with Crippen molar-refractivity contribution in [2.45, 2.75) is 6.92 Å². The smallest absolute Gasteiger partial charge is 0.339 e. The first-order valence-corrected chi connectivity index (χ1v) is 9.34. The number of methoxy groups -OCH3 is 1. The molecule has 1 aliphatic rings. The topological polar surface area (TPSA) is 91.0 Å². The quantitative estimate of drug-likeness (QED) is 0.776. The highest BCUT2D eigenvalue weighted by atomic mass is 16.5. The predicted molar refractivity (Wildman–Crippen MR) is 111 cm³/mol. The van der Waals surface area contributed by atoms with E-state index in [1.54, 1.807) is 29.2 Å². The van der Waals surface area contributed by atoms with E-state index in [0.717, 1.165) is 11.4 Å². The van der Waals surface area contributed by atoms with Crippen molar-refractivity contribution < 1.29 is 19.1 Å². The van der Waals surface area contributed by atoms with Crippen molar-refractivity contribution in [2.24, 2.45) is 0 Å². The summed E-state index contributed by atoms with van der Waals surface area (Å²) >= 11 is 0. The van der Waals surface area contributed by atoms with Crippen LogP contribution in [-0.2, 0) is 9.53 Å². The maximum atomic E-state index is 12.6. The van der Waals surface area contributed by atoms with E-state index in [1.807, 2.05) is 24.3 Å². The van der Waals surface area contributed by atoms with E-state index in [1.165, 1.54) is 14.0 Å². The summed E-state index contributed by atoms with van der Waals surface area (Å²) in [6, 6.07) is 14.1. The van der Waals surface area contributed by atoms with Gasteiger partial charge in [-0.1, -0.05) is 18.2 Å². The number of amides is 3. The van der Waals surface area contributed by atoms with Gasteiger partial charge in [-0.3, -0.25) is 4.79 Å². The van der Waals surface area contributed by atoms with Gasteiger partial charge in [-0.2, -0.15) is 0 Å². The molecule has 2 aromatic rings. The molecule has 1 fully saturated rings. The van der Waals surface area contributed by atoms with Crippen LogP contribution in [0.4, 0.5) is 21.9 Å². The van der Waals surface area contributed by atoms with Crippen molar-refractivity contribution in [3.63, 3.8) is 0 Å². The van der Waals surface area contributed by atoms with Crippen molar-refractivity contribution >= 4 is 35.0 Å². The highest BCUT2D eigenvalue weighted by molar-refractivity contribution is 6.00. The van der Waals surface area contributed by atoms with Gasteiger partial charge in [0, 0.05) is 44.5 Å². The van der Waals surface area contributed by atoms with Gasteiger partial charge in [0.15, 0.2) is 0 Å². The molecule has 0 radical (unpaired) electrons. The fraction of sp³-hybridized carbons (Fsp3) is 0.286. The molecule has 0 bridgehead atoms. The van der Waals surface area contributed by atoms with Crippen LogP contribution in [0.5, 0.6) is 0 Å². The summed E-state index contributed by atoms with van der Waals surface area (Å²) in [6.07, 6.45) is 0. The summed E-state index contributed by atoms with van der Waals surface area (Å²) in [6.45, 7) is 3.88. The number of nitrogens with zero attached hydrogens (tertiary/aromatic N) is 2. The van der Waals surface area contributed by atoms with E-state index in [9.17, 15) is 14.4 Å². The minimum Gasteiger partial charge on any atom is -0.465 e. The van der Waals surface area contributed by atoms with Gasteiger partial charge in [0.25, 0.3) is 0 Å². The molecule has 8 heteroatoms. The van der Waals surface area contributed by atoms with E-state index >= 15 is 0 Å². The number of ether oxygens (including phenoxy) is 1. The highest BCUT2D eigenvalue weighted by Gasteiger charge is 2.23. The lowest BCUT2D eigenvalue weighted by Gasteiger charge is -2.36. The molecule has 0 unspecified atom stereocenters. The van der Waals surface area contributed by atoms with Gasteiger partial charge in [-0.05, 0) is 30.3 Å². The van der Waals surface area contributed by atoms with E-state index in [0.29, 0.717) is 37.4 Å². The molecule has 1 saturated heterocycles. The maximum absolute atomic E-state index is 12.6. The van der Waals surface area contributed by atoms with Gasteiger partial charge in [0.1, 0.15) is 0 Å². The summed E-state index contributed by atoms with van der Waals surface area (Å²) in [7, 11) is 1.31. The number of rotatable bonds is 4. The molecule has 29 heavy (non-hydrogen) atoms. The van der Waals surface area contributed by atoms with Crippen LogP contribution in [0.2, 0.25) is 0 Å². The van der Waals surface area contributed by atoms with Crippen molar-refractivity contribution in [2.75, 3.05) is 48.8 Å². The van der Waals surface area contributed by atoms with Gasteiger partial charge in [-0.15, -0.1) is 0 Å². The number of carbonyl (C=O) groups excluding carboxylic acids is 3. The molecule has 0 spiro atoms. The average molecular weight is 396 g/mol. The SMILES string of the molecule is COC(=O)c1ccccc1NC(=O)N1CCN(c2cccc(NC(C)=O)c2)CC1. The second-order valence-electron chi connectivity index (χ2n) is 6.67. The molecular weight excluding hydrogens is 372 g/mol. The number of nitrogens with one attached hydrogen (secondary N) is 2. The zero-order valence-electron chi connectivity index (χ0n) is 16.5. The Morgan fingerprint density at radius 1 is 0.931 bits per heavy atom. The van der Waals surface area contributed by atoms with Gasteiger partial charge >= 0.3 is 12.0 Å². The zero-order valence-corrected chi connectivity index (χ0v) is 16.5. The lowest BCUT2D eigenvalue weighted by atomic mass is 10.2. The molecule has 1 aliphatic heterocycles. The van der Waals surface area contributed by atoms with Crippen LogP contribution >= 0.6 is 0 Å². The van der Waals surface area contributed by atoms with Gasteiger partial charge < -0.3 is 25.2 Å². The van der Waals surface area contributed by atoms with Gasteiger partial charge in [-0.25, -0.2) is 9.59 Å². The lowest BCUT2D eigenvalue weighted by molar-refractivity contribution is -0.114. The number of urea groups is 1. The van der Waals surface area contributed by atoms with E-state index < -0.39 is 5.97 Å². The third-order valence-corrected chi connectivity index (χ3v) is 4.67. The van der Waals surface area contributed by atoms with Crippen LogP contribution in [-0.4, -0.2) is 56.1 Å². The first kappa shape index (κ1) is 20.2. The minimum atomic E-state index is -0.496. The molecule has 0 saturated carbocycles. The van der Waals surface area contributed by atoms with E-state index in [-0.39, 0.29) is 11.9 Å². The summed E-state index contributed by atoms with van der Waals surface area (Å²) in [5, 5.41) is 5.58. The number of carbonyl (C=O) groups is 3. The number of esters is 1. The lowest BCUT2D eigenvalue weighted by Crippen LogP contribution is -2.50. The predicted octanol–water partition coefficient (Wildman–Crippen LogP) is 2.79. The molecule has 8 nitrogen and oxygen atoms in total. The molecule has 152 valence electrons. The first-order valence-electron chi connectivity index (χ1n) is 9.34. The standard InChI is InChI=1S/C21H24N4O4/c1-15(26)22-16-6-5-7-17(14-16)24-10-12-25(13-11-24)21(28)23-19-9-4-3-8-18(19)20(27)29-2/h3-9,14H,10-13H2,1-2H3,(H,22,26)(H,23,28). The Balaban J connectivity index is 1.61. The number of piperazine rings is 1. The number of anilines is 3. The van der Waals surface area contributed by atoms with Crippen molar-refractivity contribution in [3.8, 4) is 0 Å². The third kappa shape index (κ3) is 5.04. The van der Waals surface area contributed by atoms with Crippen molar-refractivity contribution in [3.05, 3.63) is 54.1 Å². The normalized spacial score (nSPS) is 13.6. The van der Waals surface area contributed by atoms with Crippen LogP contribution in [0.1, 0.15) is 17.3 Å². The fourth-order valence-electron chi connectivity index (χ4n) is 3.23. The molecule has 2 N–H and O–H groups in total. The van der Waals surface area contributed by atoms with E-state index in [2.05, 4.69) is 15.5 Å². The largest absolute Gasteiger partial charge is 0.465 e. The Kier molecular flexibility index (Phi) is 6.33. The molecule has 0 atom stereocenters. The Labute approximate surface area is 169 Å². The minimum absolute atomic E-state index is 0.115. The molecule has 0 aromatic heterocycles. The average Bonchev–Trinajstić information content (AvgIpc) is 2.73. The molecule has 1 heterocycles. The molecule has 3 rings (SSSR count). The number of benzene rings is 2. The van der Waals surface area contributed by atoms with E-state index in [4.69, 9.17) is 4.74 Å².